The van der Waals surface area contributed by atoms with Crippen molar-refractivity contribution >= 4 is 5.91 Å². The van der Waals surface area contributed by atoms with Gasteiger partial charge in [0.1, 0.15) is 0 Å². The fraction of sp³-hybridized carbons (Fsp3) is 0.500. The number of amides is 1. The van der Waals surface area contributed by atoms with Gasteiger partial charge in [0, 0.05) is 6.54 Å². The van der Waals surface area contributed by atoms with Gasteiger partial charge in [0.15, 0.2) is 6.10 Å². The van der Waals surface area contributed by atoms with Crippen LogP contribution in [0.1, 0.15) is 24.2 Å². The summed E-state index contributed by atoms with van der Waals surface area (Å²) in [5.74, 6) is 0.218. The van der Waals surface area contributed by atoms with Crippen LogP contribution in [0.25, 0.3) is 0 Å². The van der Waals surface area contributed by atoms with E-state index in [1.54, 1.807) is 0 Å². The van der Waals surface area contributed by atoms with Crippen molar-refractivity contribution in [2.24, 2.45) is 11.7 Å². The van der Waals surface area contributed by atoms with Crippen LogP contribution in [0.5, 0.6) is 0 Å². The molecule has 2 unspecified atom stereocenters. The molecule has 1 heterocycles. The molecule has 18 heavy (non-hydrogen) atoms. The summed E-state index contributed by atoms with van der Waals surface area (Å²) in [7, 11) is 0. The average Bonchev–Trinajstić information content (AvgIpc) is 2.43. The Hall–Kier alpha value is -1.39. The van der Waals surface area contributed by atoms with Crippen molar-refractivity contribution < 1.29 is 9.53 Å². The van der Waals surface area contributed by atoms with Crippen LogP contribution in [0.4, 0.5) is 0 Å². The van der Waals surface area contributed by atoms with Crippen LogP contribution in [-0.2, 0) is 16.0 Å². The molecule has 2 rings (SSSR count). The molecule has 1 aromatic carbocycles. The number of nitrogens with two attached hydrogens (primary N) is 1. The van der Waals surface area contributed by atoms with Crippen molar-refractivity contribution in [3.63, 3.8) is 0 Å². The highest BCUT2D eigenvalue weighted by molar-refractivity contribution is 5.82. The summed E-state index contributed by atoms with van der Waals surface area (Å²) in [5.41, 5.74) is 7.72. The molecule has 0 radical (unpaired) electrons. The fourth-order valence-corrected chi connectivity index (χ4v) is 2.06. The Bertz CT molecular complexity index is 420. The molecule has 0 saturated heterocycles. The molecular formula is C14H20N2O2. The van der Waals surface area contributed by atoms with E-state index in [1.165, 1.54) is 5.56 Å². The van der Waals surface area contributed by atoms with E-state index < -0.39 is 6.10 Å². The normalized spacial score (nSPS) is 20.0. The summed E-state index contributed by atoms with van der Waals surface area (Å²) >= 11 is 0. The number of ether oxygens (including phenoxy) is 1. The standard InChI is InChI=1S/C14H20N2O2/c1-10(8-15)9-16-14(17)13-12-5-3-2-4-11(12)6-7-18-13/h2-5,10,13H,6-9,15H2,1H3,(H,16,17). The first kappa shape index (κ1) is 13.1. The smallest absolute Gasteiger partial charge is 0.253 e. The van der Waals surface area contributed by atoms with Crippen LogP contribution in [0.3, 0.4) is 0 Å². The van der Waals surface area contributed by atoms with E-state index in [1.807, 2.05) is 25.1 Å². The minimum atomic E-state index is -0.472. The van der Waals surface area contributed by atoms with Gasteiger partial charge in [-0.15, -0.1) is 0 Å². The third-order valence-corrected chi connectivity index (χ3v) is 3.26. The van der Waals surface area contributed by atoms with Gasteiger partial charge >= 0.3 is 0 Å². The Kier molecular flexibility index (Phi) is 4.33. The predicted molar refractivity (Wildman–Crippen MR) is 70.1 cm³/mol. The number of benzene rings is 1. The summed E-state index contributed by atoms with van der Waals surface area (Å²) < 4.78 is 5.59. The number of carbonyl (C=O) groups excluding carboxylic acids is 1. The maximum absolute atomic E-state index is 12.1. The molecule has 1 aromatic rings. The van der Waals surface area contributed by atoms with E-state index in [2.05, 4.69) is 11.4 Å². The summed E-state index contributed by atoms with van der Waals surface area (Å²) in [5, 5.41) is 2.90. The summed E-state index contributed by atoms with van der Waals surface area (Å²) in [6, 6.07) is 7.96. The number of hydrogen-bond acceptors (Lipinski definition) is 3. The van der Waals surface area contributed by atoms with Crippen LogP contribution < -0.4 is 11.1 Å². The maximum atomic E-state index is 12.1. The third-order valence-electron chi connectivity index (χ3n) is 3.26. The molecule has 0 fully saturated rings. The van der Waals surface area contributed by atoms with E-state index in [4.69, 9.17) is 10.5 Å². The Labute approximate surface area is 108 Å². The van der Waals surface area contributed by atoms with Gasteiger partial charge in [0.2, 0.25) is 0 Å². The van der Waals surface area contributed by atoms with Gasteiger partial charge in [-0.05, 0) is 30.0 Å². The van der Waals surface area contributed by atoms with Gasteiger partial charge in [0.05, 0.1) is 6.61 Å². The van der Waals surface area contributed by atoms with E-state index >= 15 is 0 Å². The lowest BCUT2D eigenvalue weighted by molar-refractivity contribution is -0.134. The number of hydrogen-bond donors (Lipinski definition) is 2. The highest BCUT2D eigenvalue weighted by Crippen LogP contribution is 2.26. The van der Waals surface area contributed by atoms with E-state index in [-0.39, 0.29) is 11.8 Å². The molecule has 98 valence electrons. The number of carbonyl (C=O) groups is 1. The highest BCUT2D eigenvalue weighted by atomic mass is 16.5. The van der Waals surface area contributed by atoms with Gasteiger partial charge in [-0.1, -0.05) is 31.2 Å². The van der Waals surface area contributed by atoms with Crippen LogP contribution in [-0.4, -0.2) is 25.6 Å². The molecule has 1 aliphatic rings. The second kappa shape index (κ2) is 5.98. The monoisotopic (exact) mass is 248 g/mol. The Morgan fingerprint density at radius 1 is 1.56 bits per heavy atom. The summed E-state index contributed by atoms with van der Waals surface area (Å²) in [4.78, 5) is 12.1. The Morgan fingerprint density at radius 2 is 2.33 bits per heavy atom. The van der Waals surface area contributed by atoms with Crippen LogP contribution >= 0.6 is 0 Å². The second-order valence-electron chi connectivity index (χ2n) is 4.79. The fourth-order valence-electron chi connectivity index (χ4n) is 2.06. The average molecular weight is 248 g/mol. The molecule has 3 N–H and O–H groups in total. The lowest BCUT2D eigenvalue weighted by Gasteiger charge is -2.25. The predicted octanol–water partition coefficient (Wildman–Crippen LogP) is 1.01. The van der Waals surface area contributed by atoms with Gasteiger partial charge in [-0.3, -0.25) is 4.79 Å². The number of rotatable bonds is 4. The maximum Gasteiger partial charge on any atom is 0.253 e. The number of fused-ring (bicyclic) bond motifs is 1. The third kappa shape index (κ3) is 2.89. The van der Waals surface area contributed by atoms with E-state index in [9.17, 15) is 4.79 Å². The molecule has 1 amide bonds. The first-order valence-corrected chi connectivity index (χ1v) is 6.39. The molecule has 0 saturated carbocycles. The largest absolute Gasteiger partial charge is 0.363 e. The zero-order valence-electron chi connectivity index (χ0n) is 10.7. The van der Waals surface area contributed by atoms with Crippen molar-refractivity contribution in [3.8, 4) is 0 Å². The van der Waals surface area contributed by atoms with Crippen molar-refractivity contribution in [2.75, 3.05) is 19.7 Å². The zero-order chi connectivity index (χ0) is 13.0. The van der Waals surface area contributed by atoms with Crippen molar-refractivity contribution in [1.29, 1.82) is 0 Å². The highest BCUT2D eigenvalue weighted by Gasteiger charge is 2.26. The van der Waals surface area contributed by atoms with Crippen LogP contribution in [0.2, 0.25) is 0 Å². The molecule has 0 aromatic heterocycles. The molecule has 0 spiro atoms. The zero-order valence-corrected chi connectivity index (χ0v) is 10.7. The SMILES string of the molecule is CC(CN)CNC(=O)C1OCCc2ccccc21. The lowest BCUT2D eigenvalue weighted by atomic mass is 9.97. The first-order valence-electron chi connectivity index (χ1n) is 6.39. The molecule has 4 nitrogen and oxygen atoms in total. The van der Waals surface area contributed by atoms with E-state index in [0.29, 0.717) is 19.7 Å². The topological polar surface area (TPSA) is 64.3 Å². The minimum Gasteiger partial charge on any atom is -0.363 e. The molecule has 1 aliphatic heterocycles. The van der Waals surface area contributed by atoms with Crippen LogP contribution in [0.15, 0.2) is 24.3 Å². The van der Waals surface area contributed by atoms with Gasteiger partial charge in [-0.2, -0.15) is 0 Å². The lowest BCUT2D eigenvalue weighted by Crippen LogP contribution is -2.37. The molecule has 0 bridgehead atoms. The van der Waals surface area contributed by atoms with Crippen molar-refractivity contribution in [3.05, 3.63) is 35.4 Å². The van der Waals surface area contributed by atoms with E-state index in [0.717, 1.165) is 12.0 Å². The first-order chi connectivity index (χ1) is 8.72. The molecular weight excluding hydrogens is 228 g/mol. The quantitative estimate of drug-likeness (QED) is 0.836. The van der Waals surface area contributed by atoms with Crippen molar-refractivity contribution in [2.45, 2.75) is 19.4 Å². The van der Waals surface area contributed by atoms with Gasteiger partial charge in [-0.25, -0.2) is 0 Å². The summed E-state index contributed by atoms with van der Waals surface area (Å²) in [6.07, 6.45) is 0.402. The Balaban J connectivity index is 2.04. The second-order valence-corrected chi connectivity index (χ2v) is 4.79. The summed E-state index contributed by atoms with van der Waals surface area (Å²) in [6.45, 7) is 3.78. The number of nitrogens with one attached hydrogen (secondary N) is 1. The van der Waals surface area contributed by atoms with Gasteiger partial charge in [0.25, 0.3) is 5.91 Å². The Morgan fingerprint density at radius 3 is 3.11 bits per heavy atom. The van der Waals surface area contributed by atoms with Crippen molar-refractivity contribution in [1.82, 2.24) is 5.32 Å². The molecule has 0 aliphatic carbocycles. The molecule has 2 atom stereocenters. The minimum absolute atomic E-state index is 0.0672. The van der Waals surface area contributed by atoms with Gasteiger partial charge < -0.3 is 15.8 Å². The van der Waals surface area contributed by atoms with Crippen LogP contribution in [0, 0.1) is 5.92 Å². The molecule has 4 heteroatoms.